The summed E-state index contributed by atoms with van der Waals surface area (Å²) in [6.07, 6.45) is 2.08. The minimum absolute atomic E-state index is 0.0673. The molecule has 0 unspecified atom stereocenters. The molecule has 1 N–H and O–H groups in total. The minimum Gasteiger partial charge on any atom is -0.380 e. The predicted molar refractivity (Wildman–Crippen MR) is 77.1 cm³/mol. The number of fused-ring (bicyclic) bond motifs is 1. The van der Waals surface area contributed by atoms with Gasteiger partial charge in [0.1, 0.15) is 5.60 Å². The normalized spacial score (nSPS) is 21.8. The summed E-state index contributed by atoms with van der Waals surface area (Å²) in [6.45, 7) is 1.37. The molecule has 1 aromatic carbocycles. The lowest BCUT2D eigenvalue weighted by atomic mass is 9.92. The highest BCUT2D eigenvalue weighted by atomic mass is 32.2. The highest BCUT2D eigenvalue weighted by Gasteiger charge is 2.40. The number of aliphatic hydroxyl groups is 1. The zero-order chi connectivity index (χ0) is 13.3. The summed E-state index contributed by atoms with van der Waals surface area (Å²) in [4.78, 5) is 14.4. The summed E-state index contributed by atoms with van der Waals surface area (Å²) in [5.74, 6) is 1.70. The van der Waals surface area contributed by atoms with Crippen molar-refractivity contribution in [1.29, 1.82) is 0 Å². The van der Waals surface area contributed by atoms with E-state index in [2.05, 4.69) is 12.1 Å². The van der Waals surface area contributed by atoms with Crippen LogP contribution in [-0.2, 0) is 17.8 Å². The van der Waals surface area contributed by atoms with Gasteiger partial charge in [-0.2, -0.15) is 11.8 Å². The second-order valence-corrected chi connectivity index (χ2v) is 6.61. The first-order valence-electron chi connectivity index (χ1n) is 6.85. The number of carbonyl (C=O) groups excluding carboxylic acids is 1. The van der Waals surface area contributed by atoms with E-state index in [1.54, 1.807) is 0 Å². The van der Waals surface area contributed by atoms with Crippen LogP contribution >= 0.6 is 11.8 Å². The Hall–Kier alpha value is -1.00. The molecule has 1 fully saturated rings. The van der Waals surface area contributed by atoms with E-state index >= 15 is 0 Å². The van der Waals surface area contributed by atoms with Crippen molar-refractivity contribution in [2.45, 2.75) is 31.4 Å². The van der Waals surface area contributed by atoms with Crippen LogP contribution in [-0.4, -0.2) is 39.6 Å². The highest BCUT2D eigenvalue weighted by Crippen LogP contribution is 2.30. The summed E-state index contributed by atoms with van der Waals surface area (Å²) >= 11 is 1.82. The first-order valence-corrected chi connectivity index (χ1v) is 8.01. The van der Waals surface area contributed by atoms with Crippen molar-refractivity contribution in [1.82, 2.24) is 4.90 Å². The molecular weight excluding hydrogens is 258 g/mol. The average Bonchev–Trinajstić information content (AvgIpc) is 2.47. The van der Waals surface area contributed by atoms with E-state index in [0.29, 0.717) is 19.4 Å². The van der Waals surface area contributed by atoms with Gasteiger partial charge in [-0.1, -0.05) is 24.3 Å². The largest absolute Gasteiger partial charge is 0.380 e. The van der Waals surface area contributed by atoms with Crippen molar-refractivity contribution in [2.75, 3.05) is 18.1 Å². The number of hydrogen-bond acceptors (Lipinski definition) is 3. The maximum atomic E-state index is 12.6. The summed E-state index contributed by atoms with van der Waals surface area (Å²) in [7, 11) is 0. The molecule has 3 rings (SSSR count). The smallest absolute Gasteiger partial charge is 0.254 e. The average molecular weight is 277 g/mol. The van der Waals surface area contributed by atoms with E-state index in [1.165, 1.54) is 11.1 Å². The van der Waals surface area contributed by atoms with Gasteiger partial charge in [-0.15, -0.1) is 0 Å². The first-order chi connectivity index (χ1) is 9.19. The van der Waals surface area contributed by atoms with Gasteiger partial charge in [-0.3, -0.25) is 4.79 Å². The molecule has 19 heavy (non-hydrogen) atoms. The fraction of sp³-hybridized carbons (Fsp3) is 0.533. The minimum atomic E-state index is -1.11. The zero-order valence-corrected chi connectivity index (χ0v) is 11.8. The molecule has 0 bridgehead atoms. The van der Waals surface area contributed by atoms with Gasteiger partial charge >= 0.3 is 0 Å². The van der Waals surface area contributed by atoms with E-state index in [0.717, 1.165) is 24.5 Å². The Bertz CT molecular complexity index is 483. The summed E-state index contributed by atoms with van der Waals surface area (Å²) < 4.78 is 0. The molecule has 102 valence electrons. The molecule has 1 amide bonds. The Morgan fingerprint density at radius 3 is 2.63 bits per heavy atom. The van der Waals surface area contributed by atoms with Gasteiger partial charge < -0.3 is 10.0 Å². The third kappa shape index (κ3) is 2.51. The monoisotopic (exact) mass is 277 g/mol. The number of carbonyl (C=O) groups is 1. The molecule has 2 aliphatic rings. The second kappa shape index (κ2) is 5.17. The molecule has 0 aliphatic carbocycles. The topological polar surface area (TPSA) is 40.5 Å². The van der Waals surface area contributed by atoms with Crippen LogP contribution in [0, 0.1) is 0 Å². The molecule has 2 heterocycles. The Balaban J connectivity index is 1.75. The number of hydrogen-bond donors (Lipinski definition) is 1. The number of rotatable bonds is 1. The molecule has 0 saturated carbocycles. The highest BCUT2D eigenvalue weighted by molar-refractivity contribution is 7.99. The quantitative estimate of drug-likeness (QED) is 0.851. The lowest BCUT2D eigenvalue weighted by Crippen LogP contribution is -2.52. The molecule has 0 radical (unpaired) electrons. The Labute approximate surface area is 118 Å². The van der Waals surface area contributed by atoms with Crippen LogP contribution in [0.3, 0.4) is 0 Å². The second-order valence-electron chi connectivity index (χ2n) is 5.39. The molecule has 4 heteroatoms. The van der Waals surface area contributed by atoms with Gasteiger partial charge in [0.25, 0.3) is 5.91 Å². The van der Waals surface area contributed by atoms with E-state index in [1.807, 2.05) is 28.8 Å². The standard InChI is InChI=1S/C15H19NO2S/c17-14(15(18)6-9-19-10-7-15)16-8-5-12-3-1-2-4-13(12)11-16/h1-4,18H,5-11H2. The lowest BCUT2D eigenvalue weighted by Gasteiger charge is -2.37. The number of thioether (sulfide) groups is 1. The van der Waals surface area contributed by atoms with Gasteiger partial charge in [-0.05, 0) is 41.9 Å². The van der Waals surface area contributed by atoms with Gasteiger partial charge in [0, 0.05) is 13.1 Å². The van der Waals surface area contributed by atoms with Crippen molar-refractivity contribution in [3.63, 3.8) is 0 Å². The molecule has 0 atom stereocenters. The summed E-state index contributed by atoms with van der Waals surface area (Å²) in [5, 5.41) is 10.5. The van der Waals surface area contributed by atoms with Crippen LogP contribution in [0.4, 0.5) is 0 Å². The van der Waals surface area contributed by atoms with Crippen LogP contribution in [0.2, 0.25) is 0 Å². The fourth-order valence-corrected chi connectivity index (χ4v) is 4.05. The number of benzene rings is 1. The van der Waals surface area contributed by atoms with E-state index in [9.17, 15) is 9.90 Å². The van der Waals surface area contributed by atoms with Gasteiger partial charge in [0.15, 0.2) is 0 Å². The fourth-order valence-electron chi connectivity index (χ4n) is 2.89. The Kier molecular flexibility index (Phi) is 3.54. The molecule has 1 aromatic rings. The number of amides is 1. The van der Waals surface area contributed by atoms with Crippen LogP contribution in [0.5, 0.6) is 0 Å². The molecule has 2 aliphatic heterocycles. The van der Waals surface area contributed by atoms with Gasteiger partial charge in [-0.25, -0.2) is 0 Å². The molecule has 3 nitrogen and oxygen atoms in total. The van der Waals surface area contributed by atoms with Crippen molar-refractivity contribution in [3.8, 4) is 0 Å². The SMILES string of the molecule is O=C(N1CCc2ccccc2C1)C1(O)CCSCC1. The predicted octanol–water partition coefficient (Wildman–Crippen LogP) is 1.83. The summed E-state index contributed by atoms with van der Waals surface area (Å²) in [6, 6.07) is 8.26. The molecular formula is C15H19NO2S. The third-order valence-corrected chi connectivity index (χ3v) is 5.12. The maximum absolute atomic E-state index is 12.6. The van der Waals surface area contributed by atoms with Crippen molar-refractivity contribution in [3.05, 3.63) is 35.4 Å². The van der Waals surface area contributed by atoms with Crippen LogP contribution in [0.15, 0.2) is 24.3 Å². The third-order valence-electron chi connectivity index (χ3n) is 4.14. The van der Waals surface area contributed by atoms with E-state index < -0.39 is 5.60 Å². The maximum Gasteiger partial charge on any atom is 0.254 e. The molecule has 1 saturated heterocycles. The van der Waals surface area contributed by atoms with E-state index in [-0.39, 0.29) is 5.91 Å². The Morgan fingerprint density at radius 1 is 1.21 bits per heavy atom. The van der Waals surface area contributed by atoms with Gasteiger partial charge in [0.05, 0.1) is 0 Å². The van der Waals surface area contributed by atoms with Crippen molar-refractivity contribution < 1.29 is 9.90 Å². The van der Waals surface area contributed by atoms with Crippen LogP contribution in [0.25, 0.3) is 0 Å². The molecule has 0 aromatic heterocycles. The van der Waals surface area contributed by atoms with Crippen molar-refractivity contribution >= 4 is 17.7 Å². The van der Waals surface area contributed by atoms with Crippen LogP contribution in [0.1, 0.15) is 24.0 Å². The van der Waals surface area contributed by atoms with Gasteiger partial charge in [0.2, 0.25) is 0 Å². The van der Waals surface area contributed by atoms with Crippen LogP contribution < -0.4 is 0 Å². The van der Waals surface area contributed by atoms with Crippen molar-refractivity contribution in [2.24, 2.45) is 0 Å². The lowest BCUT2D eigenvalue weighted by molar-refractivity contribution is -0.153. The molecule has 0 spiro atoms. The number of nitrogens with zero attached hydrogens (tertiary/aromatic N) is 1. The first kappa shape index (κ1) is 13.0. The zero-order valence-electron chi connectivity index (χ0n) is 11.0. The summed E-state index contributed by atoms with van der Waals surface area (Å²) in [5.41, 5.74) is 1.44. The Morgan fingerprint density at radius 2 is 1.89 bits per heavy atom. The van der Waals surface area contributed by atoms with E-state index in [4.69, 9.17) is 0 Å².